The van der Waals surface area contributed by atoms with E-state index in [2.05, 4.69) is 22.0 Å². The molecule has 2 aromatic rings. The minimum absolute atomic E-state index is 0.531. The van der Waals surface area contributed by atoms with Crippen molar-refractivity contribution in [2.45, 2.75) is 13.1 Å². The standard InChI is InChI=1S/C12H15ClN4/c1-16(8-11-6-15-17(2)9-11)7-10-3-4-12(13)14-5-10/h3-6,9H,7-8H2,1-2H3. The van der Waals surface area contributed by atoms with Crippen LogP contribution in [0.5, 0.6) is 0 Å². The predicted octanol–water partition coefficient (Wildman–Crippen LogP) is 2.10. The van der Waals surface area contributed by atoms with Gasteiger partial charge < -0.3 is 0 Å². The molecule has 0 unspecified atom stereocenters. The molecule has 0 saturated heterocycles. The molecule has 0 aliphatic rings. The van der Waals surface area contributed by atoms with Crippen molar-refractivity contribution in [1.82, 2.24) is 19.7 Å². The van der Waals surface area contributed by atoms with E-state index in [9.17, 15) is 0 Å². The van der Waals surface area contributed by atoms with Gasteiger partial charge in [-0.2, -0.15) is 5.10 Å². The first-order valence-corrected chi connectivity index (χ1v) is 5.78. The minimum Gasteiger partial charge on any atom is -0.298 e. The van der Waals surface area contributed by atoms with Crippen LogP contribution in [0, 0.1) is 0 Å². The Morgan fingerprint density at radius 2 is 2.00 bits per heavy atom. The highest BCUT2D eigenvalue weighted by Crippen LogP contribution is 2.09. The molecular formula is C12H15ClN4. The number of pyridine rings is 1. The predicted molar refractivity (Wildman–Crippen MR) is 67.6 cm³/mol. The molecule has 0 amide bonds. The molecule has 0 aliphatic heterocycles. The van der Waals surface area contributed by atoms with Gasteiger partial charge in [0.2, 0.25) is 0 Å². The smallest absolute Gasteiger partial charge is 0.129 e. The first kappa shape index (κ1) is 12.1. The lowest BCUT2D eigenvalue weighted by Crippen LogP contribution is -2.17. The fourth-order valence-corrected chi connectivity index (χ4v) is 1.84. The van der Waals surface area contributed by atoms with E-state index < -0.39 is 0 Å². The molecule has 4 nitrogen and oxygen atoms in total. The molecule has 2 heterocycles. The second-order valence-corrected chi connectivity index (χ2v) is 4.57. The van der Waals surface area contributed by atoms with E-state index in [0.29, 0.717) is 5.15 Å². The summed E-state index contributed by atoms with van der Waals surface area (Å²) in [5.74, 6) is 0. The molecule has 2 aromatic heterocycles. The van der Waals surface area contributed by atoms with Crippen LogP contribution in [0.25, 0.3) is 0 Å². The van der Waals surface area contributed by atoms with Crippen molar-refractivity contribution in [1.29, 1.82) is 0 Å². The molecule has 5 heteroatoms. The van der Waals surface area contributed by atoms with E-state index >= 15 is 0 Å². The van der Waals surface area contributed by atoms with Crippen molar-refractivity contribution in [3.05, 3.63) is 47.0 Å². The molecule has 0 fully saturated rings. The number of aromatic nitrogens is 3. The average molecular weight is 251 g/mol. The number of hydrogen-bond acceptors (Lipinski definition) is 3. The number of hydrogen-bond donors (Lipinski definition) is 0. The van der Waals surface area contributed by atoms with Crippen LogP contribution < -0.4 is 0 Å². The first-order valence-electron chi connectivity index (χ1n) is 5.40. The Labute approximate surface area is 106 Å². The van der Waals surface area contributed by atoms with Gasteiger partial charge in [0.25, 0.3) is 0 Å². The van der Waals surface area contributed by atoms with Crippen LogP contribution in [0.4, 0.5) is 0 Å². The fraction of sp³-hybridized carbons (Fsp3) is 0.333. The SMILES string of the molecule is CN(Cc1ccc(Cl)nc1)Cc1cnn(C)c1. The van der Waals surface area contributed by atoms with Crippen LogP contribution in [-0.2, 0) is 20.1 Å². The molecule has 0 saturated carbocycles. The Hall–Kier alpha value is -1.39. The number of nitrogens with zero attached hydrogens (tertiary/aromatic N) is 4. The summed E-state index contributed by atoms with van der Waals surface area (Å²) in [6, 6.07) is 3.81. The van der Waals surface area contributed by atoms with Gasteiger partial charge in [-0.05, 0) is 18.7 Å². The van der Waals surface area contributed by atoms with Gasteiger partial charge in [0, 0.05) is 38.1 Å². The van der Waals surface area contributed by atoms with Crippen molar-refractivity contribution >= 4 is 11.6 Å². The minimum atomic E-state index is 0.531. The summed E-state index contributed by atoms with van der Waals surface area (Å²) in [5.41, 5.74) is 2.36. The normalized spacial score (nSPS) is 11.1. The summed E-state index contributed by atoms with van der Waals surface area (Å²) in [5, 5.41) is 4.68. The monoisotopic (exact) mass is 250 g/mol. The van der Waals surface area contributed by atoms with Crippen LogP contribution >= 0.6 is 11.6 Å². The molecule has 0 atom stereocenters. The molecule has 0 aromatic carbocycles. The van der Waals surface area contributed by atoms with Crippen molar-refractivity contribution in [3.63, 3.8) is 0 Å². The van der Waals surface area contributed by atoms with E-state index in [1.165, 1.54) is 5.56 Å². The zero-order valence-electron chi connectivity index (χ0n) is 9.97. The topological polar surface area (TPSA) is 34.0 Å². The lowest BCUT2D eigenvalue weighted by molar-refractivity contribution is 0.318. The maximum absolute atomic E-state index is 5.75. The van der Waals surface area contributed by atoms with E-state index in [0.717, 1.165) is 18.7 Å². The third-order valence-electron chi connectivity index (χ3n) is 2.45. The summed E-state index contributed by atoms with van der Waals surface area (Å²) in [4.78, 5) is 6.28. The van der Waals surface area contributed by atoms with Crippen molar-refractivity contribution in [2.24, 2.45) is 7.05 Å². The fourth-order valence-electron chi connectivity index (χ4n) is 1.73. The van der Waals surface area contributed by atoms with Crippen molar-refractivity contribution < 1.29 is 0 Å². The molecule has 0 spiro atoms. The van der Waals surface area contributed by atoms with Gasteiger partial charge in [0.15, 0.2) is 0 Å². The molecular weight excluding hydrogens is 236 g/mol. The van der Waals surface area contributed by atoms with E-state index in [-0.39, 0.29) is 0 Å². The van der Waals surface area contributed by atoms with Gasteiger partial charge in [-0.25, -0.2) is 4.98 Å². The third-order valence-corrected chi connectivity index (χ3v) is 2.68. The van der Waals surface area contributed by atoms with Crippen molar-refractivity contribution in [2.75, 3.05) is 7.05 Å². The zero-order chi connectivity index (χ0) is 12.3. The average Bonchev–Trinajstić information content (AvgIpc) is 2.67. The highest BCUT2D eigenvalue weighted by atomic mass is 35.5. The lowest BCUT2D eigenvalue weighted by atomic mass is 10.2. The van der Waals surface area contributed by atoms with E-state index in [1.54, 1.807) is 0 Å². The van der Waals surface area contributed by atoms with Crippen LogP contribution in [0.15, 0.2) is 30.7 Å². The molecule has 0 radical (unpaired) electrons. The van der Waals surface area contributed by atoms with Crippen molar-refractivity contribution in [3.8, 4) is 0 Å². The Morgan fingerprint density at radius 3 is 2.59 bits per heavy atom. The van der Waals surface area contributed by atoms with Gasteiger partial charge >= 0.3 is 0 Å². The van der Waals surface area contributed by atoms with Gasteiger partial charge in [-0.3, -0.25) is 9.58 Å². The van der Waals surface area contributed by atoms with Gasteiger partial charge in [0.05, 0.1) is 6.20 Å². The largest absolute Gasteiger partial charge is 0.298 e. The molecule has 0 N–H and O–H groups in total. The Bertz CT molecular complexity index is 478. The zero-order valence-corrected chi connectivity index (χ0v) is 10.7. The second-order valence-electron chi connectivity index (χ2n) is 4.18. The molecule has 90 valence electrons. The highest BCUT2D eigenvalue weighted by molar-refractivity contribution is 6.29. The van der Waals surface area contributed by atoms with Gasteiger partial charge in [0.1, 0.15) is 5.15 Å². The number of halogens is 1. The van der Waals surface area contributed by atoms with Crippen LogP contribution in [0.1, 0.15) is 11.1 Å². The summed E-state index contributed by atoms with van der Waals surface area (Å²) in [7, 11) is 3.99. The van der Waals surface area contributed by atoms with E-state index in [1.807, 2.05) is 42.5 Å². The van der Waals surface area contributed by atoms with Crippen LogP contribution in [0.3, 0.4) is 0 Å². The number of aryl methyl sites for hydroxylation is 1. The summed E-state index contributed by atoms with van der Waals surface area (Å²) >= 11 is 5.75. The van der Waals surface area contributed by atoms with Gasteiger partial charge in [-0.1, -0.05) is 17.7 Å². The maximum atomic E-state index is 5.75. The maximum Gasteiger partial charge on any atom is 0.129 e. The van der Waals surface area contributed by atoms with Crippen LogP contribution in [0.2, 0.25) is 5.15 Å². The third kappa shape index (κ3) is 3.54. The summed E-state index contributed by atoms with van der Waals surface area (Å²) in [6.07, 6.45) is 5.72. The second kappa shape index (κ2) is 5.29. The Kier molecular flexibility index (Phi) is 3.76. The molecule has 2 rings (SSSR count). The summed E-state index contributed by atoms with van der Waals surface area (Å²) < 4.78 is 1.81. The quantitative estimate of drug-likeness (QED) is 0.780. The van der Waals surface area contributed by atoms with Gasteiger partial charge in [-0.15, -0.1) is 0 Å². The number of rotatable bonds is 4. The molecule has 17 heavy (non-hydrogen) atoms. The van der Waals surface area contributed by atoms with E-state index in [4.69, 9.17) is 11.6 Å². The molecule has 0 bridgehead atoms. The lowest BCUT2D eigenvalue weighted by Gasteiger charge is -2.15. The Balaban J connectivity index is 1.93. The first-order chi connectivity index (χ1) is 8.13. The van der Waals surface area contributed by atoms with Crippen LogP contribution in [-0.4, -0.2) is 26.7 Å². The Morgan fingerprint density at radius 1 is 1.24 bits per heavy atom. The highest BCUT2D eigenvalue weighted by Gasteiger charge is 2.03. The molecule has 0 aliphatic carbocycles. The summed E-state index contributed by atoms with van der Waals surface area (Å²) in [6.45, 7) is 1.72.